The first-order valence-corrected chi connectivity index (χ1v) is 7.38. The van der Waals surface area contributed by atoms with Crippen molar-refractivity contribution in [1.82, 2.24) is 5.32 Å². The van der Waals surface area contributed by atoms with Crippen molar-refractivity contribution in [3.05, 3.63) is 75.3 Å². The second-order valence-electron chi connectivity index (χ2n) is 5.40. The first-order chi connectivity index (χ1) is 11.1. The first-order valence-electron chi connectivity index (χ1n) is 7.38. The molecule has 6 heteroatoms. The number of nitro groups is 1. The fraction of sp³-hybridized carbons (Fsp3) is 0.235. The average molecular weight is 312 g/mol. The molecule has 0 heterocycles. The molecule has 0 unspecified atom stereocenters. The van der Waals surface area contributed by atoms with E-state index >= 15 is 0 Å². The molecule has 0 radical (unpaired) electrons. The molecule has 23 heavy (non-hydrogen) atoms. The minimum absolute atomic E-state index is 0.115. The molecule has 6 nitrogen and oxygen atoms in total. The number of carbonyl (C=O) groups excluding carboxylic acids is 1. The normalized spacial score (nSPS) is 15.7. The summed E-state index contributed by atoms with van der Waals surface area (Å²) in [5.74, 6) is 0. The maximum absolute atomic E-state index is 11.9. The van der Waals surface area contributed by atoms with Gasteiger partial charge in [0.15, 0.2) is 0 Å². The molecule has 0 bridgehead atoms. The van der Waals surface area contributed by atoms with E-state index in [1.165, 1.54) is 6.07 Å². The van der Waals surface area contributed by atoms with E-state index in [1.54, 1.807) is 6.07 Å². The standard InChI is InChI=1S/C17H16N2O4/c20-17(23-11-12-5-2-1-3-6-12)18-15-10-9-14-13(15)7-4-8-16(14)19(21)22/h1-8,15H,9-11H2,(H,18,20)/t15-/m1/s1. The van der Waals surface area contributed by atoms with Crippen LogP contribution in [-0.4, -0.2) is 11.0 Å². The lowest BCUT2D eigenvalue weighted by atomic mass is 10.1. The number of carbonyl (C=O) groups is 1. The van der Waals surface area contributed by atoms with E-state index in [9.17, 15) is 14.9 Å². The number of ether oxygens (including phenoxy) is 1. The largest absolute Gasteiger partial charge is 0.445 e. The molecule has 1 atom stereocenters. The number of hydrogen-bond donors (Lipinski definition) is 1. The van der Waals surface area contributed by atoms with Crippen LogP contribution in [0, 0.1) is 10.1 Å². The third kappa shape index (κ3) is 3.31. The van der Waals surface area contributed by atoms with Crippen molar-refractivity contribution in [2.45, 2.75) is 25.5 Å². The molecule has 0 saturated carbocycles. The Labute approximate surface area is 133 Å². The number of hydrogen-bond acceptors (Lipinski definition) is 4. The summed E-state index contributed by atoms with van der Waals surface area (Å²) in [7, 11) is 0. The summed E-state index contributed by atoms with van der Waals surface area (Å²) in [4.78, 5) is 22.6. The fourth-order valence-corrected chi connectivity index (χ4v) is 2.86. The van der Waals surface area contributed by atoms with Crippen molar-refractivity contribution in [3.8, 4) is 0 Å². The summed E-state index contributed by atoms with van der Waals surface area (Å²) >= 11 is 0. The zero-order valence-electron chi connectivity index (χ0n) is 12.4. The molecule has 3 rings (SSSR count). The van der Waals surface area contributed by atoms with Crippen LogP contribution in [0.4, 0.5) is 10.5 Å². The molecule has 1 amide bonds. The summed E-state index contributed by atoms with van der Waals surface area (Å²) in [6.45, 7) is 0.196. The Balaban J connectivity index is 1.63. The monoisotopic (exact) mass is 312 g/mol. The van der Waals surface area contributed by atoms with Gasteiger partial charge in [-0.05, 0) is 24.0 Å². The molecule has 118 valence electrons. The highest BCUT2D eigenvalue weighted by molar-refractivity contribution is 5.68. The lowest BCUT2D eigenvalue weighted by Gasteiger charge is -2.14. The number of fused-ring (bicyclic) bond motifs is 1. The summed E-state index contributed by atoms with van der Waals surface area (Å²) in [5.41, 5.74) is 2.52. The Bertz CT molecular complexity index is 731. The SMILES string of the molecule is O=C(N[C@@H]1CCc2c1cccc2[N+](=O)[O-])OCc1ccccc1. The average Bonchev–Trinajstić information content (AvgIpc) is 2.97. The molecule has 0 aliphatic heterocycles. The van der Waals surface area contributed by atoms with Crippen LogP contribution < -0.4 is 5.32 Å². The van der Waals surface area contributed by atoms with Crippen LogP contribution in [0.15, 0.2) is 48.5 Å². The summed E-state index contributed by atoms with van der Waals surface area (Å²) in [6, 6.07) is 14.1. The second-order valence-corrected chi connectivity index (χ2v) is 5.40. The lowest BCUT2D eigenvalue weighted by molar-refractivity contribution is -0.385. The zero-order chi connectivity index (χ0) is 16.2. The van der Waals surface area contributed by atoms with Crippen molar-refractivity contribution >= 4 is 11.8 Å². The van der Waals surface area contributed by atoms with Gasteiger partial charge in [-0.25, -0.2) is 4.79 Å². The van der Waals surface area contributed by atoms with Gasteiger partial charge in [-0.15, -0.1) is 0 Å². The predicted molar refractivity (Wildman–Crippen MR) is 83.9 cm³/mol. The third-order valence-electron chi connectivity index (χ3n) is 3.95. The van der Waals surface area contributed by atoms with Crippen molar-refractivity contribution < 1.29 is 14.5 Å². The topological polar surface area (TPSA) is 81.5 Å². The highest BCUT2D eigenvalue weighted by atomic mass is 16.6. The van der Waals surface area contributed by atoms with Gasteiger partial charge in [0.1, 0.15) is 6.61 Å². The minimum Gasteiger partial charge on any atom is -0.445 e. The quantitative estimate of drug-likeness (QED) is 0.692. The molecule has 2 aromatic rings. The smallest absolute Gasteiger partial charge is 0.407 e. The Morgan fingerprint density at radius 1 is 1.22 bits per heavy atom. The number of amides is 1. The molecule has 1 aliphatic carbocycles. The molecule has 0 aromatic heterocycles. The van der Waals surface area contributed by atoms with E-state index in [1.807, 2.05) is 36.4 Å². The maximum atomic E-state index is 11.9. The molecular weight excluding hydrogens is 296 g/mol. The van der Waals surface area contributed by atoms with Gasteiger partial charge in [-0.3, -0.25) is 10.1 Å². The van der Waals surface area contributed by atoms with Gasteiger partial charge in [-0.1, -0.05) is 42.5 Å². The van der Waals surface area contributed by atoms with Gasteiger partial charge < -0.3 is 10.1 Å². The number of nitrogens with zero attached hydrogens (tertiary/aromatic N) is 1. The molecule has 2 aromatic carbocycles. The van der Waals surface area contributed by atoms with E-state index in [0.717, 1.165) is 11.1 Å². The fourth-order valence-electron chi connectivity index (χ4n) is 2.86. The van der Waals surface area contributed by atoms with Crippen LogP contribution in [0.3, 0.4) is 0 Å². The van der Waals surface area contributed by atoms with Gasteiger partial charge in [0.05, 0.1) is 11.0 Å². The molecule has 0 spiro atoms. The van der Waals surface area contributed by atoms with E-state index in [-0.39, 0.29) is 23.3 Å². The van der Waals surface area contributed by atoms with Gasteiger partial charge in [0, 0.05) is 11.6 Å². The number of benzene rings is 2. The van der Waals surface area contributed by atoms with E-state index in [2.05, 4.69) is 5.32 Å². The first kappa shape index (κ1) is 15.0. The van der Waals surface area contributed by atoms with Gasteiger partial charge in [0.2, 0.25) is 0 Å². The third-order valence-corrected chi connectivity index (χ3v) is 3.95. The number of alkyl carbamates (subject to hydrolysis) is 1. The Hall–Kier alpha value is -2.89. The van der Waals surface area contributed by atoms with Crippen molar-refractivity contribution in [2.75, 3.05) is 0 Å². The highest BCUT2D eigenvalue weighted by Crippen LogP contribution is 2.36. The second kappa shape index (κ2) is 6.48. The Kier molecular flexibility index (Phi) is 4.23. The van der Waals surface area contributed by atoms with E-state index < -0.39 is 6.09 Å². The Morgan fingerprint density at radius 2 is 2.00 bits per heavy atom. The predicted octanol–water partition coefficient (Wildman–Crippen LogP) is 3.51. The Morgan fingerprint density at radius 3 is 2.74 bits per heavy atom. The van der Waals surface area contributed by atoms with E-state index in [0.29, 0.717) is 18.4 Å². The van der Waals surface area contributed by atoms with Crippen LogP contribution in [0.1, 0.15) is 29.2 Å². The maximum Gasteiger partial charge on any atom is 0.407 e. The van der Waals surface area contributed by atoms with Gasteiger partial charge in [0.25, 0.3) is 5.69 Å². The zero-order valence-corrected chi connectivity index (χ0v) is 12.4. The highest BCUT2D eigenvalue weighted by Gasteiger charge is 2.30. The molecule has 0 fully saturated rings. The number of nitrogens with one attached hydrogen (secondary N) is 1. The van der Waals surface area contributed by atoms with Crippen LogP contribution in [-0.2, 0) is 17.8 Å². The summed E-state index contributed by atoms with van der Waals surface area (Å²) in [5, 5.41) is 13.8. The molecular formula is C17H16N2O4. The molecule has 0 saturated heterocycles. The van der Waals surface area contributed by atoms with Crippen LogP contribution in [0.2, 0.25) is 0 Å². The minimum atomic E-state index is -0.516. The lowest BCUT2D eigenvalue weighted by Crippen LogP contribution is -2.27. The van der Waals surface area contributed by atoms with Gasteiger partial charge in [-0.2, -0.15) is 0 Å². The van der Waals surface area contributed by atoms with Crippen molar-refractivity contribution in [3.63, 3.8) is 0 Å². The van der Waals surface area contributed by atoms with Crippen LogP contribution in [0.25, 0.3) is 0 Å². The molecule has 1 N–H and O–H groups in total. The number of nitro benzene ring substituents is 1. The molecule has 1 aliphatic rings. The van der Waals surface area contributed by atoms with Crippen molar-refractivity contribution in [2.24, 2.45) is 0 Å². The van der Waals surface area contributed by atoms with Crippen LogP contribution >= 0.6 is 0 Å². The summed E-state index contributed by atoms with van der Waals surface area (Å²) < 4.78 is 5.20. The summed E-state index contributed by atoms with van der Waals surface area (Å²) in [6.07, 6.45) is 0.703. The number of rotatable bonds is 4. The van der Waals surface area contributed by atoms with Crippen LogP contribution in [0.5, 0.6) is 0 Å². The van der Waals surface area contributed by atoms with Gasteiger partial charge >= 0.3 is 6.09 Å². The van der Waals surface area contributed by atoms with Crippen molar-refractivity contribution in [1.29, 1.82) is 0 Å². The van der Waals surface area contributed by atoms with E-state index in [4.69, 9.17) is 4.74 Å².